The Balaban J connectivity index is 1.50. The number of nitrogens with zero attached hydrogens (tertiary/aromatic N) is 1. The number of thiazole rings is 1. The predicted molar refractivity (Wildman–Crippen MR) is 120 cm³/mol. The molecule has 4 rings (SSSR count). The third-order valence-corrected chi connectivity index (χ3v) is 5.33. The largest absolute Gasteiger partial charge is 0.481 e. The third-order valence-electron chi connectivity index (χ3n) is 4.44. The van der Waals surface area contributed by atoms with Crippen LogP contribution >= 0.6 is 11.3 Å². The number of aryl methyl sites for hydroxylation is 1. The third kappa shape index (κ3) is 4.85. The minimum Gasteiger partial charge on any atom is -0.481 e. The Kier molecular flexibility index (Phi) is 5.77. The number of carboxylic acids is 1. The SMILES string of the molecule is Cc1sc(Nc2cccc(Oc3ccccc3)c2)nc1-c1ccc(CC(=O)O)cc1. The second-order valence-corrected chi connectivity index (χ2v) is 7.96. The second-order valence-electron chi connectivity index (χ2n) is 6.76. The summed E-state index contributed by atoms with van der Waals surface area (Å²) in [5, 5.41) is 13.0. The fourth-order valence-electron chi connectivity index (χ4n) is 3.06. The zero-order valence-electron chi connectivity index (χ0n) is 16.3. The van der Waals surface area contributed by atoms with Crippen LogP contribution in [-0.4, -0.2) is 16.1 Å². The van der Waals surface area contributed by atoms with Gasteiger partial charge in [0.25, 0.3) is 0 Å². The van der Waals surface area contributed by atoms with Gasteiger partial charge in [-0.15, -0.1) is 11.3 Å². The average molecular weight is 417 g/mol. The first kappa shape index (κ1) is 19.7. The maximum Gasteiger partial charge on any atom is 0.307 e. The maximum absolute atomic E-state index is 10.9. The zero-order chi connectivity index (χ0) is 20.9. The summed E-state index contributed by atoms with van der Waals surface area (Å²) in [6.45, 7) is 2.03. The first-order valence-electron chi connectivity index (χ1n) is 9.45. The fourth-order valence-corrected chi connectivity index (χ4v) is 3.91. The number of hydrogen-bond donors (Lipinski definition) is 2. The van der Waals surface area contributed by atoms with Crippen LogP contribution in [0.1, 0.15) is 10.4 Å². The summed E-state index contributed by atoms with van der Waals surface area (Å²) in [5.41, 5.74) is 3.52. The molecule has 5 nitrogen and oxygen atoms in total. The van der Waals surface area contributed by atoms with Crippen molar-refractivity contribution in [1.29, 1.82) is 0 Å². The van der Waals surface area contributed by atoms with E-state index in [0.29, 0.717) is 0 Å². The zero-order valence-corrected chi connectivity index (χ0v) is 17.1. The van der Waals surface area contributed by atoms with Crippen LogP contribution in [0.5, 0.6) is 11.5 Å². The van der Waals surface area contributed by atoms with Gasteiger partial charge >= 0.3 is 5.97 Å². The summed E-state index contributed by atoms with van der Waals surface area (Å²) < 4.78 is 5.89. The number of carboxylic acid groups (broad SMARTS) is 1. The lowest BCUT2D eigenvalue weighted by Gasteiger charge is -2.08. The molecule has 0 bridgehead atoms. The molecular weight excluding hydrogens is 396 g/mol. The van der Waals surface area contributed by atoms with Crippen molar-refractivity contribution in [3.63, 3.8) is 0 Å². The van der Waals surface area contributed by atoms with Gasteiger partial charge < -0.3 is 15.2 Å². The van der Waals surface area contributed by atoms with Gasteiger partial charge in [-0.3, -0.25) is 4.79 Å². The highest BCUT2D eigenvalue weighted by atomic mass is 32.1. The van der Waals surface area contributed by atoms with Crippen molar-refractivity contribution in [2.75, 3.05) is 5.32 Å². The van der Waals surface area contributed by atoms with E-state index in [0.717, 1.165) is 44.0 Å². The highest BCUT2D eigenvalue weighted by Gasteiger charge is 2.11. The Labute approximate surface area is 178 Å². The molecule has 0 spiro atoms. The van der Waals surface area contributed by atoms with Gasteiger partial charge in [0, 0.05) is 22.2 Å². The van der Waals surface area contributed by atoms with E-state index < -0.39 is 5.97 Å². The monoisotopic (exact) mass is 416 g/mol. The van der Waals surface area contributed by atoms with Gasteiger partial charge in [-0.1, -0.05) is 48.5 Å². The van der Waals surface area contributed by atoms with Crippen LogP contribution in [0, 0.1) is 6.92 Å². The van der Waals surface area contributed by atoms with Crippen LogP contribution in [-0.2, 0) is 11.2 Å². The van der Waals surface area contributed by atoms with Crippen LogP contribution in [0.2, 0.25) is 0 Å². The van der Waals surface area contributed by atoms with Gasteiger partial charge in [-0.2, -0.15) is 0 Å². The molecule has 2 N–H and O–H groups in total. The van der Waals surface area contributed by atoms with E-state index >= 15 is 0 Å². The number of para-hydroxylation sites is 1. The molecule has 0 amide bonds. The molecule has 0 aliphatic heterocycles. The van der Waals surface area contributed by atoms with E-state index in [1.165, 1.54) is 0 Å². The predicted octanol–water partition coefficient (Wildman–Crippen LogP) is 6.28. The highest BCUT2D eigenvalue weighted by Crippen LogP contribution is 2.33. The molecule has 0 atom stereocenters. The number of hydrogen-bond acceptors (Lipinski definition) is 5. The number of carbonyl (C=O) groups is 1. The van der Waals surface area contributed by atoms with Crippen molar-refractivity contribution in [3.8, 4) is 22.8 Å². The van der Waals surface area contributed by atoms with E-state index in [-0.39, 0.29) is 6.42 Å². The molecule has 3 aromatic carbocycles. The topological polar surface area (TPSA) is 71.5 Å². The number of benzene rings is 3. The van der Waals surface area contributed by atoms with Gasteiger partial charge in [0.05, 0.1) is 12.1 Å². The molecule has 6 heteroatoms. The van der Waals surface area contributed by atoms with E-state index in [4.69, 9.17) is 14.8 Å². The quantitative estimate of drug-likeness (QED) is 0.371. The van der Waals surface area contributed by atoms with Crippen molar-refractivity contribution in [3.05, 3.63) is 89.3 Å². The summed E-state index contributed by atoms with van der Waals surface area (Å²) in [6.07, 6.45) is 0.0184. The van der Waals surface area contributed by atoms with Crippen LogP contribution in [0.4, 0.5) is 10.8 Å². The Morgan fingerprint density at radius 2 is 1.73 bits per heavy atom. The van der Waals surface area contributed by atoms with Crippen LogP contribution in [0.3, 0.4) is 0 Å². The molecule has 0 aliphatic carbocycles. The van der Waals surface area contributed by atoms with Crippen molar-refractivity contribution in [2.24, 2.45) is 0 Å². The molecule has 0 saturated heterocycles. The molecule has 0 saturated carbocycles. The number of aliphatic carboxylic acids is 1. The van der Waals surface area contributed by atoms with Gasteiger partial charge in [0.15, 0.2) is 5.13 Å². The summed E-state index contributed by atoms with van der Waals surface area (Å²) >= 11 is 1.57. The van der Waals surface area contributed by atoms with Gasteiger partial charge in [0.2, 0.25) is 0 Å². The summed E-state index contributed by atoms with van der Waals surface area (Å²) in [5.74, 6) is 0.694. The molecule has 0 radical (unpaired) electrons. The summed E-state index contributed by atoms with van der Waals surface area (Å²) in [7, 11) is 0. The normalized spacial score (nSPS) is 10.6. The molecule has 150 valence electrons. The Hall–Kier alpha value is -3.64. The van der Waals surface area contributed by atoms with Crippen molar-refractivity contribution >= 4 is 28.1 Å². The Bertz CT molecular complexity index is 1150. The van der Waals surface area contributed by atoms with Crippen molar-refractivity contribution in [1.82, 2.24) is 4.98 Å². The van der Waals surface area contributed by atoms with Crippen LogP contribution in [0.25, 0.3) is 11.3 Å². The standard InChI is InChI=1S/C24H20N2O3S/c1-16-23(18-12-10-17(11-13-18)14-22(27)28)26-24(30-16)25-19-6-5-9-21(15-19)29-20-7-3-2-4-8-20/h2-13,15H,14H2,1H3,(H,25,26)(H,27,28). The first-order chi connectivity index (χ1) is 14.6. The molecular formula is C24H20N2O3S. The number of aromatic nitrogens is 1. The number of nitrogens with one attached hydrogen (secondary N) is 1. The summed E-state index contributed by atoms with van der Waals surface area (Å²) in [6, 6.07) is 24.9. The minimum atomic E-state index is -0.836. The second kappa shape index (κ2) is 8.80. The summed E-state index contributed by atoms with van der Waals surface area (Å²) in [4.78, 5) is 16.7. The van der Waals surface area contributed by atoms with E-state index in [1.807, 2.05) is 85.8 Å². The highest BCUT2D eigenvalue weighted by molar-refractivity contribution is 7.16. The fraction of sp³-hybridized carbons (Fsp3) is 0.0833. The molecule has 1 aromatic heterocycles. The van der Waals surface area contributed by atoms with E-state index in [1.54, 1.807) is 11.3 Å². The van der Waals surface area contributed by atoms with Crippen molar-refractivity contribution in [2.45, 2.75) is 13.3 Å². The molecule has 0 fully saturated rings. The number of rotatable bonds is 7. The molecule has 1 heterocycles. The first-order valence-corrected chi connectivity index (χ1v) is 10.3. The lowest BCUT2D eigenvalue weighted by atomic mass is 10.1. The smallest absolute Gasteiger partial charge is 0.307 e. The molecule has 0 unspecified atom stereocenters. The Morgan fingerprint density at radius 3 is 2.47 bits per heavy atom. The van der Waals surface area contributed by atoms with E-state index in [9.17, 15) is 4.79 Å². The van der Waals surface area contributed by atoms with Gasteiger partial charge in [-0.25, -0.2) is 4.98 Å². The van der Waals surface area contributed by atoms with Gasteiger partial charge in [-0.05, 0) is 36.8 Å². The Morgan fingerprint density at radius 1 is 1.00 bits per heavy atom. The average Bonchev–Trinajstić information content (AvgIpc) is 3.09. The molecule has 0 aliphatic rings. The van der Waals surface area contributed by atoms with Crippen LogP contribution < -0.4 is 10.1 Å². The van der Waals surface area contributed by atoms with Crippen molar-refractivity contribution < 1.29 is 14.6 Å². The van der Waals surface area contributed by atoms with Gasteiger partial charge in [0.1, 0.15) is 11.5 Å². The number of anilines is 2. The van der Waals surface area contributed by atoms with E-state index in [2.05, 4.69) is 5.32 Å². The number of ether oxygens (including phenoxy) is 1. The lowest BCUT2D eigenvalue weighted by Crippen LogP contribution is -1.99. The lowest BCUT2D eigenvalue weighted by molar-refractivity contribution is -0.136. The maximum atomic E-state index is 10.9. The molecule has 30 heavy (non-hydrogen) atoms. The van der Waals surface area contributed by atoms with Crippen LogP contribution in [0.15, 0.2) is 78.9 Å². The minimum absolute atomic E-state index is 0.0184. The molecule has 4 aromatic rings.